The number of aromatic nitrogens is 2. The lowest BCUT2D eigenvalue weighted by atomic mass is 10.1. The molecule has 16 heavy (non-hydrogen) atoms. The van der Waals surface area contributed by atoms with Gasteiger partial charge in [-0.05, 0) is 35.0 Å². The summed E-state index contributed by atoms with van der Waals surface area (Å²) < 4.78 is 2.84. The van der Waals surface area contributed by atoms with Crippen LogP contribution >= 0.6 is 27.3 Å². The maximum atomic E-state index is 10.1. The molecule has 1 atom stereocenters. The van der Waals surface area contributed by atoms with Crippen LogP contribution in [0.1, 0.15) is 22.4 Å². The van der Waals surface area contributed by atoms with Crippen LogP contribution in [0.4, 0.5) is 0 Å². The van der Waals surface area contributed by atoms with Crippen molar-refractivity contribution in [1.82, 2.24) is 9.78 Å². The van der Waals surface area contributed by atoms with Crippen LogP contribution in [0, 0.1) is 6.92 Å². The van der Waals surface area contributed by atoms with Crippen molar-refractivity contribution in [2.45, 2.75) is 19.4 Å². The van der Waals surface area contributed by atoms with Gasteiger partial charge in [-0.2, -0.15) is 5.10 Å². The average molecular weight is 301 g/mol. The largest absolute Gasteiger partial charge is 0.387 e. The van der Waals surface area contributed by atoms with Crippen LogP contribution in [0.2, 0.25) is 0 Å². The van der Waals surface area contributed by atoms with E-state index < -0.39 is 6.10 Å². The molecule has 0 amide bonds. The molecule has 0 saturated carbocycles. The van der Waals surface area contributed by atoms with E-state index in [1.165, 1.54) is 0 Å². The van der Waals surface area contributed by atoms with Crippen LogP contribution in [0.5, 0.6) is 0 Å². The highest BCUT2D eigenvalue weighted by Crippen LogP contribution is 2.27. The highest BCUT2D eigenvalue weighted by molar-refractivity contribution is 9.10. The molecule has 2 aromatic heterocycles. The van der Waals surface area contributed by atoms with E-state index >= 15 is 0 Å². The molecule has 2 rings (SSSR count). The Morgan fingerprint density at radius 1 is 1.56 bits per heavy atom. The Labute approximate surface area is 107 Å². The fraction of sp³-hybridized carbons (Fsp3) is 0.364. The van der Waals surface area contributed by atoms with Gasteiger partial charge in [0.05, 0.1) is 11.8 Å². The number of hydrogen-bond donors (Lipinski definition) is 1. The average Bonchev–Trinajstić information content (AvgIpc) is 2.74. The minimum absolute atomic E-state index is 0.453. The summed E-state index contributed by atoms with van der Waals surface area (Å²) in [6.45, 7) is 1.96. The quantitative estimate of drug-likeness (QED) is 0.946. The molecular weight excluding hydrogens is 288 g/mol. The molecule has 0 aromatic carbocycles. The van der Waals surface area contributed by atoms with Crippen LogP contribution in [-0.2, 0) is 13.5 Å². The Morgan fingerprint density at radius 2 is 2.31 bits per heavy atom. The van der Waals surface area contributed by atoms with Crippen molar-refractivity contribution in [2.75, 3.05) is 0 Å². The third-order valence-corrected chi connectivity index (χ3v) is 4.21. The van der Waals surface area contributed by atoms with Gasteiger partial charge in [0.1, 0.15) is 0 Å². The van der Waals surface area contributed by atoms with Gasteiger partial charge in [0.25, 0.3) is 0 Å². The van der Waals surface area contributed by atoms with Gasteiger partial charge in [-0.25, -0.2) is 0 Å². The number of aryl methyl sites for hydroxylation is 2. The van der Waals surface area contributed by atoms with E-state index in [0.29, 0.717) is 6.42 Å². The first-order valence-electron chi connectivity index (χ1n) is 4.98. The highest BCUT2D eigenvalue weighted by Gasteiger charge is 2.13. The molecule has 0 aliphatic carbocycles. The van der Waals surface area contributed by atoms with Gasteiger partial charge in [-0.1, -0.05) is 0 Å². The smallest absolute Gasteiger partial charge is 0.0937 e. The molecule has 5 heteroatoms. The summed E-state index contributed by atoms with van der Waals surface area (Å²) in [5, 5.41) is 16.3. The predicted molar refractivity (Wildman–Crippen MR) is 68.6 cm³/mol. The molecule has 0 spiro atoms. The van der Waals surface area contributed by atoms with E-state index in [4.69, 9.17) is 0 Å². The summed E-state index contributed by atoms with van der Waals surface area (Å²) >= 11 is 4.95. The van der Waals surface area contributed by atoms with E-state index in [1.54, 1.807) is 11.3 Å². The number of halogens is 1. The SMILES string of the molecule is Cc1cc(CC(O)c2cc(Br)cs2)n(C)n1. The number of aliphatic hydroxyl groups is 1. The first kappa shape index (κ1) is 11.8. The summed E-state index contributed by atoms with van der Waals surface area (Å²) in [5.74, 6) is 0. The van der Waals surface area contributed by atoms with Gasteiger partial charge < -0.3 is 5.11 Å². The van der Waals surface area contributed by atoms with Crippen molar-refractivity contribution in [1.29, 1.82) is 0 Å². The topological polar surface area (TPSA) is 38.0 Å². The van der Waals surface area contributed by atoms with Gasteiger partial charge >= 0.3 is 0 Å². The summed E-state index contributed by atoms with van der Waals surface area (Å²) in [4.78, 5) is 0.978. The van der Waals surface area contributed by atoms with E-state index in [0.717, 1.165) is 20.7 Å². The Kier molecular flexibility index (Phi) is 3.47. The molecule has 2 aromatic rings. The minimum atomic E-state index is -0.453. The molecular formula is C11H13BrN2OS. The van der Waals surface area contributed by atoms with Crippen LogP contribution in [0.15, 0.2) is 22.0 Å². The fourth-order valence-corrected chi connectivity index (χ4v) is 3.09. The summed E-state index contributed by atoms with van der Waals surface area (Å²) in [6.07, 6.45) is 0.149. The summed E-state index contributed by atoms with van der Waals surface area (Å²) in [7, 11) is 1.90. The van der Waals surface area contributed by atoms with Crippen molar-refractivity contribution in [3.63, 3.8) is 0 Å². The Balaban J connectivity index is 2.13. The Hall–Kier alpha value is -0.650. The maximum absolute atomic E-state index is 10.1. The zero-order valence-corrected chi connectivity index (χ0v) is 11.5. The van der Waals surface area contributed by atoms with Crippen molar-refractivity contribution in [3.8, 4) is 0 Å². The zero-order chi connectivity index (χ0) is 11.7. The van der Waals surface area contributed by atoms with Gasteiger partial charge in [0.2, 0.25) is 0 Å². The van der Waals surface area contributed by atoms with Crippen molar-refractivity contribution in [2.24, 2.45) is 7.05 Å². The Bertz CT molecular complexity index is 492. The van der Waals surface area contributed by atoms with Gasteiger partial charge in [0.15, 0.2) is 0 Å². The first-order chi connectivity index (χ1) is 7.56. The lowest BCUT2D eigenvalue weighted by Gasteiger charge is -2.08. The molecule has 0 aliphatic heterocycles. The molecule has 0 saturated heterocycles. The van der Waals surface area contributed by atoms with Crippen molar-refractivity contribution < 1.29 is 5.11 Å². The lowest BCUT2D eigenvalue weighted by Crippen LogP contribution is -2.05. The van der Waals surface area contributed by atoms with Gasteiger partial charge in [-0.3, -0.25) is 4.68 Å². The number of nitrogens with zero attached hydrogens (tertiary/aromatic N) is 2. The number of aliphatic hydroxyl groups excluding tert-OH is 1. The van der Waals surface area contributed by atoms with Gasteiger partial charge in [-0.15, -0.1) is 11.3 Å². The normalized spacial score (nSPS) is 13.0. The zero-order valence-electron chi connectivity index (χ0n) is 9.14. The molecule has 86 valence electrons. The second kappa shape index (κ2) is 4.69. The Morgan fingerprint density at radius 3 is 2.81 bits per heavy atom. The molecule has 0 radical (unpaired) electrons. The summed E-state index contributed by atoms with van der Waals surface area (Å²) in [5.41, 5.74) is 2.03. The minimum Gasteiger partial charge on any atom is -0.387 e. The molecule has 0 fully saturated rings. The van der Waals surface area contributed by atoms with E-state index in [-0.39, 0.29) is 0 Å². The second-order valence-electron chi connectivity index (χ2n) is 3.79. The molecule has 0 aliphatic rings. The fourth-order valence-electron chi connectivity index (χ4n) is 1.66. The van der Waals surface area contributed by atoms with Crippen LogP contribution < -0.4 is 0 Å². The predicted octanol–water partition coefficient (Wildman–Crippen LogP) is 2.83. The summed E-state index contributed by atoms with van der Waals surface area (Å²) in [6, 6.07) is 3.96. The van der Waals surface area contributed by atoms with Crippen LogP contribution in [0.3, 0.4) is 0 Å². The van der Waals surface area contributed by atoms with E-state index in [2.05, 4.69) is 21.0 Å². The van der Waals surface area contributed by atoms with Crippen molar-refractivity contribution in [3.05, 3.63) is 38.3 Å². The number of hydrogen-bond acceptors (Lipinski definition) is 3. The molecule has 1 unspecified atom stereocenters. The molecule has 3 nitrogen and oxygen atoms in total. The van der Waals surface area contributed by atoms with Crippen LogP contribution in [0.25, 0.3) is 0 Å². The molecule has 1 N–H and O–H groups in total. The number of thiophene rings is 1. The molecule has 2 heterocycles. The third kappa shape index (κ3) is 2.53. The van der Waals surface area contributed by atoms with Crippen LogP contribution in [-0.4, -0.2) is 14.9 Å². The lowest BCUT2D eigenvalue weighted by molar-refractivity contribution is 0.179. The highest BCUT2D eigenvalue weighted by atomic mass is 79.9. The second-order valence-corrected chi connectivity index (χ2v) is 5.65. The van der Waals surface area contributed by atoms with Gasteiger partial charge in [0, 0.05) is 33.9 Å². The standard InChI is InChI=1S/C11H13BrN2OS/c1-7-3-9(14(2)13-7)5-10(15)11-4-8(12)6-16-11/h3-4,6,10,15H,5H2,1-2H3. The maximum Gasteiger partial charge on any atom is 0.0937 e. The monoisotopic (exact) mass is 300 g/mol. The van der Waals surface area contributed by atoms with E-state index in [1.807, 2.05) is 36.2 Å². The molecule has 0 bridgehead atoms. The third-order valence-electron chi connectivity index (χ3n) is 2.42. The number of rotatable bonds is 3. The first-order valence-corrected chi connectivity index (χ1v) is 6.65. The van der Waals surface area contributed by atoms with Crippen molar-refractivity contribution >= 4 is 27.3 Å². The van der Waals surface area contributed by atoms with E-state index in [9.17, 15) is 5.11 Å².